The minimum Gasteiger partial charge on any atom is -0.381 e. The lowest BCUT2D eigenvalue weighted by atomic mass is 10.1. The van der Waals surface area contributed by atoms with E-state index in [2.05, 4.69) is 16.4 Å². The Bertz CT molecular complexity index is 508. The van der Waals surface area contributed by atoms with Gasteiger partial charge in [-0.15, -0.1) is 0 Å². The fourth-order valence-electron chi connectivity index (χ4n) is 2.20. The quantitative estimate of drug-likeness (QED) is 0.896. The molecule has 100 valence electrons. The number of piperidine rings is 1. The van der Waals surface area contributed by atoms with E-state index < -0.39 is 10.0 Å². The third-order valence-electron chi connectivity index (χ3n) is 3.17. The highest BCUT2D eigenvalue weighted by Crippen LogP contribution is 2.18. The van der Waals surface area contributed by atoms with Gasteiger partial charge in [-0.05, 0) is 31.4 Å². The van der Waals surface area contributed by atoms with Crippen LogP contribution in [0, 0.1) is 6.92 Å². The molecule has 0 bridgehead atoms. The highest BCUT2D eigenvalue weighted by atomic mass is 32.2. The van der Waals surface area contributed by atoms with Crippen LogP contribution in [-0.4, -0.2) is 43.1 Å². The van der Waals surface area contributed by atoms with Crippen molar-refractivity contribution in [2.75, 3.05) is 24.7 Å². The lowest BCUT2D eigenvalue weighted by molar-refractivity contribution is 0.332. The van der Waals surface area contributed by atoms with Gasteiger partial charge in [-0.25, -0.2) is 12.7 Å². The predicted molar refractivity (Wildman–Crippen MR) is 72.0 cm³/mol. The Morgan fingerprint density at radius 1 is 1.33 bits per heavy atom. The van der Waals surface area contributed by atoms with Gasteiger partial charge < -0.3 is 5.32 Å². The Balaban J connectivity index is 1.91. The van der Waals surface area contributed by atoms with Gasteiger partial charge in [0, 0.05) is 31.5 Å². The second-order valence-corrected chi connectivity index (χ2v) is 6.81. The standard InChI is InChI=1S/C12H19N3O2S/c1-10-7-12(9-13-8-10)14-11-3-5-15(6-4-11)18(2,16)17/h7-9,11,14H,3-6H2,1-2H3. The highest BCUT2D eigenvalue weighted by Gasteiger charge is 2.24. The number of hydrogen-bond acceptors (Lipinski definition) is 4. The number of nitrogens with zero attached hydrogens (tertiary/aromatic N) is 2. The lowest BCUT2D eigenvalue weighted by Crippen LogP contribution is -2.41. The van der Waals surface area contributed by atoms with E-state index in [9.17, 15) is 8.42 Å². The highest BCUT2D eigenvalue weighted by molar-refractivity contribution is 7.88. The van der Waals surface area contributed by atoms with Gasteiger partial charge in [0.2, 0.25) is 10.0 Å². The number of sulfonamides is 1. The predicted octanol–water partition coefficient (Wildman–Crippen LogP) is 1.23. The van der Waals surface area contributed by atoms with Crippen molar-refractivity contribution in [3.05, 3.63) is 24.0 Å². The summed E-state index contributed by atoms with van der Waals surface area (Å²) in [5, 5.41) is 3.41. The molecule has 0 radical (unpaired) electrons. The summed E-state index contributed by atoms with van der Waals surface area (Å²) in [4.78, 5) is 4.14. The maximum Gasteiger partial charge on any atom is 0.211 e. The molecule has 0 spiro atoms. The van der Waals surface area contributed by atoms with Crippen LogP contribution in [0.4, 0.5) is 5.69 Å². The van der Waals surface area contributed by atoms with Crippen molar-refractivity contribution in [1.82, 2.24) is 9.29 Å². The van der Waals surface area contributed by atoms with E-state index in [1.54, 1.807) is 10.5 Å². The molecule has 1 N–H and O–H groups in total. The van der Waals surface area contributed by atoms with Crippen LogP contribution in [0.2, 0.25) is 0 Å². The molecule has 0 saturated carbocycles. The van der Waals surface area contributed by atoms with Crippen LogP contribution in [0.15, 0.2) is 18.5 Å². The minimum atomic E-state index is -3.04. The summed E-state index contributed by atoms with van der Waals surface area (Å²) in [6.45, 7) is 3.19. The number of nitrogens with one attached hydrogen (secondary N) is 1. The van der Waals surface area contributed by atoms with Gasteiger partial charge in [0.15, 0.2) is 0 Å². The van der Waals surface area contributed by atoms with Gasteiger partial charge in [-0.2, -0.15) is 0 Å². The van der Waals surface area contributed by atoms with Crippen LogP contribution in [0.1, 0.15) is 18.4 Å². The molecule has 0 aliphatic carbocycles. The summed E-state index contributed by atoms with van der Waals surface area (Å²) in [5.74, 6) is 0. The summed E-state index contributed by atoms with van der Waals surface area (Å²) < 4.78 is 24.3. The average Bonchev–Trinajstić information content (AvgIpc) is 2.28. The average molecular weight is 269 g/mol. The largest absolute Gasteiger partial charge is 0.381 e. The van der Waals surface area contributed by atoms with E-state index in [4.69, 9.17) is 0 Å². The number of rotatable bonds is 3. The third-order valence-corrected chi connectivity index (χ3v) is 4.47. The van der Waals surface area contributed by atoms with Crippen LogP contribution in [0.3, 0.4) is 0 Å². The van der Waals surface area contributed by atoms with Gasteiger partial charge in [0.25, 0.3) is 0 Å². The molecule has 1 aliphatic heterocycles. The van der Waals surface area contributed by atoms with Crippen LogP contribution in [0.5, 0.6) is 0 Å². The molecular weight excluding hydrogens is 250 g/mol. The molecule has 1 fully saturated rings. The van der Waals surface area contributed by atoms with E-state index in [0.29, 0.717) is 19.1 Å². The molecule has 0 unspecified atom stereocenters. The fraction of sp³-hybridized carbons (Fsp3) is 0.583. The first-order valence-electron chi connectivity index (χ1n) is 6.08. The SMILES string of the molecule is Cc1cncc(NC2CCN(S(C)(=O)=O)CC2)c1. The molecule has 0 atom stereocenters. The molecule has 18 heavy (non-hydrogen) atoms. The molecule has 0 aromatic carbocycles. The molecule has 1 aromatic rings. The monoisotopic (exact) mass is 269 g/mol. The van der Waals surface area contributed by atoms with E-state index in [0.717, 1.165) is 24.1 Å². The summed E-state index contributed by atoms with van der Waals surface area (Å²) in [6.07, 6.45) is 6.56. The summed E-state index contributed by atoms with van der Waals surface area (Å²) in [7, 11) is -3.04. The summed E-state index contributed by atoms with van der Waals surface area (Å²) >= 11 is 0. The lowest BCUT2D eigenvalue weighted by Gasteiger charge is -2.31. The van der Waals surface area contributed by atoms with Crippen molar-refractivity contribution >= 4 is 15.7 Å². The Kier molecular flexibility index (Phi) is 3.87. The first kappa shape index (κ1) is 13.3. The number of anilines is 1. The number of hydrogen-bond donors (Lipinski definition) is 1. The van der Waals surface area contributed by atoms with E-state index in [-0.39, 0.29) is 0 Å². The molecule has 1 aromatic heterocycles. The number of pyridine rings is 1. The van der Waals surface area contributed by atoms with Crippen molar-refractivity contribution in [1.29, 1.82) is 0 Å². The zero-order chi connectivity index (χ0) is 13.2. The zero-order valence-corrected chi connectivity index (χ0v) is 11.6. The maximum absolute atomic E-state index is 11.4. The van der Waals surface area contributed by atoms with Crippen molar-refractivity contribution < 1.29 is 8.42 Å². The summed E-state index contributed by atoms with van der Waals surface area (Å²) in [5.41, 5.74) is 2.13. The number of aryl methyl sites for hydroxylation is 1. The Hall–Kier alpha value is -1.14. The minimum absolute atomic E-state index is 0.326. The van der Waals surface area contributed by atoms with Crippen LogP contribution in [0.25, 0.3) is 0 Å². The van der Waals surface area contributed by atoms with Gasteiger partial charge in [-0.3, -0.25) is 4.98 Å². The molecular formula is C12H19N3O2S. The topological polar surface area (TPSA) is 62.3 Å². The van der Waals surface area contributed by atoms with E-state index >= 15 is 0 Å². The van der Waals surface area contributed by atoms with Gasteiger partial charge in [-0.1, -0.05) is 0 Å². The van der Waals surface area contributed by atoms with Gasteiger partial charge in [0.1, 0.15) is 0 Å². The van der Waals surface area contributed by atoms with Crippen molar-refractivity contribution in [2.24, 2.45) is 0 Å². The van der Waals surface area contributed by atoms with Crippen molar-refractivity contribution in [3.8, 4) is 0 Å². The molecule has 2 heterocycles. The van der Waals surface area contributed by atoms with E-state index in [1.165, 1.54) is 6.26 Å². The smallest absolute Gasteiger partial charge is 0.211 e. The Labute approximate surface area is 108 Å². The second-order valence-electron chi connectivity index (χ2n) is 4.83. The van der Waals surface area contributed by atoms with Gasteiger partial charge in [0.05, 0.1) is 11.9 Å². The molecule has 0 amide bonds. The zero-order valence-electron chi connectivity index (χ0n) is 10.8. The Morgan fingerprint density at radius 3 is 2.56 bits per heavy atom. The van der Waals surface area contributed by atoms with Crippen molar-refractivity contribution in [3.63, 3.8) is 0 Å². The van der Waals surface area contributed by atoms with E-state index in [1.807, 2.05) is 13.1 Å². The first-order chi connectivity index (χ1) is 8.45. The Morgan fingerprint density at radius 2 is 2.00 bits per heavy atom. The molecule has 6 heteroatoms. The molecule has 1 saturated heterocycles. The van der Waals surface area contributed by atoms with Crippen LogP contribution in [-0.2, 0) is 10.0 Å². The first-order valence-corrected chi connectivity index (χ1v) is 7.93. The van der Waals surface area contributed by atoms with Crippen LogP contribution >= 0.6 is 0 Å². The fourth-order valence-corrected chi connectivity index (χ4v) is 3.08. The maximum atomic E-state index is 11.4. The van der Waals surface area contributed by atoms with Crippen LogP contribution < -0.4 is 5.32 Å². The second kappa shape index (κ2) is 5.24. The third kappa shape index (κ3) is 3.43. The molecule has 5 nitrogen and oxygen atoms in total. The normalized spacial score (nSPS) is 18.8. The molecule has 2 rings (SSSR count). The molecule has 1 aliphatic rings. The summed E-state index contributed by atoms with van der Waals surface area (Å²) in [6, 6.07) is 2.38. The number of aromatic nitrogens is 1. The van der Waals surface area contributed by atoms with Crippen molar-refractivity contribution in [2.45, 2.75) is 25.8 Å². The van der Waals surface area contributed by atoms with Gasteiger partial charge >= 0.3 is 0 Å².